The molecule has 2 aromatic carbocycles. The Morgan fingerprint density at radius 2 is 1.84 bits per heavy atom. The number of nitro groups is 1. The van der Waals surface area contributed by atoms with Crippen molar-refractivity contribution in [1.82, 2.24) is 5.43 Å². The van der Waals surface area contributed by atoms with Crippen molar-refractivity contribution in [2.75, 3.05) is 5.01 Å². The summed E-state index contributed by atoms with van der Waals surface area (Å²) in [4.78, 5) is 35.7. The third kappa shape index (κ3) is 3.90. The van der Waals surface area contributed by atoms with E-state index in [2.05, 4.69) is 5.43 Å². The van der Waals surface area contributed by atoms with Gasteiger partial charge in [-0.2, -0.15) is 0 Å². The number of nitrogens with one attached hydrogen (secondary N) is 1. The molecule has 4 rings (SSSR count). The maximum Gasteiger partial charge on any atom is 0.282 e. The van der Waals surface area contributed by atoms with Gasteiger partial charge in [0.1, 0.15) is 17.1 Å². The summed E-state index contributed by atoms with van der Waals surface area (Å²) in [5.41, 5.74) is 3.92. The topological polar surface area (TPSA) is 106 Å². The van der Waals surface area contributed by atoms with E-state index in [1.807, 2.05) is 0 Å². The van der Waals surface area contributed by atoms with Crippen LogP contribution >= 0.6 is 23.2 Å². The van der Waals surface area contributed by atoms with Gasteiger partial charge < -0.3 is 4.42 Å². The molecule has 0 radical (unpaired) electrons. The zero-order valence-electron chi connectivity index (χ0n) is 15.9. The van der Waals surface area contributed by atoms with Gasteiger partial charge in [0.2, 0.25) is 0 Å². The number of aryl methyl sites for hydroxylation is 1. The van der Waals surface area contributed by atoms with Gasteiger partial charge in [0, 0.05) is 17.7 Å². The number of hydrazine groups is 1. The highest BCUT2D eigenvalue weighted by molar-refractivity contribution is 6.42. The molecule has 156 valence electrons. The number of nitro benzene ring substituents is 1. The Balaban J connectivity index is 1.64. The smallest absolute Gasteiger partial charge is 0.282 e. The van der Waals surface area contributed by atoms with Crippen molar-refractivity contribution >= 4 is 52.5 Å². The predicted molar refractivity (Wildman–Crippen MR) is 116 cm³/mol. The average molecular weight is 458 g/mol. The molecule has 0 unspecified atom stereocenters. The molecule has 1 N–H and O–H groups in total. The lowest BCUT2D eigenvalue weighted by molar-refractivity contribution is -0.384. The van der Waals surface area contributed by atoms with Gasteiger partial charge in [-0.05, 0) is 48.9 Å². The quantitative estimate of drug-likeness (QED) is 0.258. The molecule has 2 amide bonds. The fourth-order valence-electron chi connectivity index (χ4n) is 3.07. The van der Waals surface area contributed by atoms with E-state index in [1.165, 1.54) is 30.3 Å². The number of halogens is 2. The first-order chi connectivity index (χ1) is 14.7. The van der Waals surface area contributed by atoms with Crippen molar-refractivity contribution in [1.29, 1.82) is 0 Å². The first-order valence-electron chi connectivity index (χ1n) is 8.92. The molecular formula is C21H13Cl2N3O5. The van der Waals surface area contributed by atoms with Gasteiger partial charge in [0.05, 0.1) is 20.7 Å². The summed E-state index contributed by atoms with van der Waals surface area (Å²) >= 11 is 11.9. The summed E-state index contributed by atoms with van der Waals surface area (Å²) in [5.74, 6) is -0.580. The summed E-state index contributed by atoms with van der Waals surface area (Å²) in [6, 6.07) is 12.1. The second kappa shape index (κ2) is 7.90. The van der Waals surface area contributed by atoms with E-state index in [4.69, 9.17) is 27.6 Å². The van der Waals surface area contributed by atoms with Crippen molar-refractivity contribution in [3.8, 4) is 11.3 Å². The highest BCUT2D eigenvalue weighted by Crippen LogP contribution is 2.31. The van der Waals surface area contributed by atoms with Gasteiger partial charge in [0.15, 0.2) is 0 Å². The first kappa shape index (κ1) is 20.6. The minimum atomic E-state index is -0.611. The molecule has 0 atom stereocenters. The van der Waals surface area contributed by atoms with Crippen molar-refractivity contribution in [3.63, 3.8) is 0 Å². The van der Waals surface area contributed by atoms with Crippen LogP contribution in [0.3, 0.4) is 0 Å². The number of carbonyl (C=O) groups is 2. The molecule has 10 heteroatoms. The van der Waals surface area contributed by atoms with E-state index in [-0.39, 0.29) is 22.0 Å². The highest BCUT2D eigenvalue weighted by atomic mass is 35.5. The summed E-state index contributed by atoms with van der Waals surface area (Å²) in [6.07, 6.45) is 1.31. The molecule has 1 aliphatic heterocycles. The molecule has 0 aliphatic carbocycles. The van der Waals surface area contributed by atoms with Crippen LogP contribution in [0.2, 0.25) is 10.0 Å². The number of non-ortho nitro benzene ring substituents is 1. The second-order valence-corrected chi connectivity index (χ2v) is 7.51. The molecule has 0 spiro atoms. The Morgan fingerprint density at radius 1 is 1.06 bits per heavy atom. The van der Waals surface area contributed by atoms with Gasteiger partial charge in [-0.25, -0.2) is 5.01 Å². The first-order valence-corrected chi connectivity index (χ1v) is 9.67. The van der Waals surface area contributed by atoms with Crippen LogP contribution in [0.25, 0.3) is 17.4 Å². The summed E-state index contributed by atoms with van der Waals surface area (Å²) < 4.78 is 5.73. The summed E-state index contributed by atoms with van der Waals surface area (Å²) in [5, 5.41) is 12.7. The molecule has 2 heterocycles. The molecule has 31 heavy (non-hydrogen) atoms. The number of hydrogen-bond acceptors (Lipinski definition) is 5. The highest BCUT2D eigenvalue weighted by Gasteiger charge is 2.35. The number of rotatable bonds is 4. The third-order valence-corrected chi connectivity index (χ3v) is 5.40. The van der Waals surface area contributed by atoms with Gasteiger partial charge in [-0.1, -0.05) is 29.3 Å². The number of hydrogen-bond donors (Lipinski definition) is 1. The van der Waals surface area contributed by atoms with Crippen molar-refractivity contribution < 1.29 is 18.9 Å². The molecule has 8 nitrogen and oxygen atoms in total. The van der Waals surface area contributed by atoms with Crippen LogP contribution < -0.4 is 10.4 Å². The maximum atomic E-state index is 12.7. The molecule has 1 aromatic heterocycles. The second-order valence-electron chi connectivity index (χ2n) is 6.70. The zero-order valence-corrected chi connectivity index (χ0v) is 17.4. The van der Waals surface area contributed by atoms with E-state index in [0.717, 1.165) is 10.6 Å². The van der Waals surface area contributed by atoms with E-state index in [0.29, 0.717) is 22.0 Å². The molecule has 1 saturated heterocycles. The molecule has 3 aromatic rings. The van der Waals surface area contributed by atoms with Crippen LogP contribution in [0, 0.1) is 17.0 Å². The van der Waals surface area contributed by atoms with Crippen molar-refractivity contribution in [3.05, 3.63) is 85.6 Å². The van der Waals surface area contributed by atoms with E-state index >= 15 is 0 Å². The van der Waals surface area contributed by atoms with Gasteiger partial charge in [-0.3, -0.25) is 25.1 Å². The largest absolute Gasteiger partial charge is 0.457 e. The van der Waals surface area contributed by atoms with Gasteiger partial charge >= 0.3 is 0 Å². The lowest BCUT2D eigenvalue weighted by Crippen LogP contribution is -2.35. The van der Waals surface area contributed by atoms with Crippen LogP contribution in [0.1, 0.15) is 11.3 Å². The number of amides is 2. The standard InChI is InChI=1S/C21H13Cl2N3O5/c1-11-2-3-13(26(29)30)8-15(11)19-7-5-14(31-19)10-16-20(27)24-25(21(16)28)12-4-6-17(22)18(23)9-12/h2-10H,1H3,(H,24,27). The van der Waals surface area contributed by atoms with E-state index in [1.54, 1.807) is 31.2 Å². The van der Waals surface area contributed by atoms with Crippen LogP contribution in [0.15, 0.2) is 58.5 Å². The summed E-state index contributed by atoms with van der Waals surface area (Å²) in [6.45, 7) is 1.79. The fourth-order valence-corrected chi connectivity index (χ4v) is 3.36. The summed E-state index contributed by atoms with van der Waals surface area (Å²) in [7, 11) is 0. The van der Waals surface area contributed by atoms with Gasteiger partial charge in [-0.15, -0.1) is 0 Å². The fraction of sp³-hybridized carbons (Fsp3) is 0.0476. The third-order valence-electron chi connectivity index (χ3n) is 4.66. The van der Waals surface area contributed by atoms with Crippen molar-refractivity contribution in [2.45, 2.75) is 6.92 Å². The number of furan rings is 1. The maximum absolute atomic E-state index is 12.7. The normalized spacial score (nSPS) is 14.9. The monoisotopic (exact) mass is 457 g/mol. The molecule has 1 aliphatic rings. The minimum absolute atomic E-state index is 0.0699. The van der Waals surface area contributed by atoms with Gasteiger partial charge in [0.25, 0.3) is 17.5 Å². The Labute approximate surface area is 185 Å². The lowest BCUT2D eigenvalue weighted by Gasteiger charge is -2.15. The minimum Gasteiger partial charge on any atom is -0.457 e. The number of benzene rings is 2. The molecular weight excluding hydrogens is 445 g/mol. The number of carbonyl (C=O) groups excluding carboxylic acids is 2. The Hall–Kier alpha value is -3.62. The lowest BCUT2D eigenvalue weighted by atomic mass is 10.1. The Morgan fingerprint density at radius 3 is 2.55 bits per heavy atom. The Kier molecular flexibility index (Phi) is 5.26. The molecule has 0 bridgehead atoms. The van der Waals surface area contributed by atoms with Crippen LogP contribution in [-0.2, 0) is 9.59 Å². The van der Waals surface area contributed by atoms with Crippen LogP contribution in [-0.4, -0.2) is 16.7 Å². The SMILES string of the molecule is Cc1ccc([N+](=O)[O-])cc1-c1ccc(C=C2C(=O)NN(c3ccc(Cl)c(Cl)c3)C2=O)o1. The average Bonchev–Trinajstić information content (AvgIpc) is 3.30. The zero-order chi connectivity index (χ0) is 22.3. The molecule has 1 fully saturated rings. The predicted octanol–water partition coefficient (Wildman–Crippen LogP) is 4.93. The molecule has 0 saturated carbocycles. The van der Waals surface area contributed by atoms with Crippen molar-refractivity contribution in [2.24, 2.45) is 0 Å². The van der Waals surface area contributed by atoms with E-state index < -0.39 is 16.7 Å². The van der Waals surface area contributed by atoms with Crippen LogP contribution in [0.4, 0.5) is 11.4 Å². The number of nitrogens with zero attached hydrogens (tertiary/aromatic N) is 2. The number of anilines is 1. The Bertz CT molecular complexity index is 1280. The van der Waals surface area contributed by atoms with Crippen LogP contribution in [0.5, 0.6) is 0 Å². The van der Waals surface area contributed by atoms with E-state index in [9.17, 15) is 19.7 Å².